The fourth-order valence-electron chi connectivity index (χ4n) is 10.4. The van der Waals surface area contributed by atoms with Gasteiger partial charge in [-0.3, -0.25) is 4.57 Å². The zero-order valence-corrected chi connectivity index (χ0v) is 30.5. The Kier molecular flexibility index (Phi) is 6.56. The van der Waals surface area contributed by atoms with Crippen LogP contribution in [0.4, 0.5) is 0 Å². The fourth-order valence-corrected chi connectivity index (χ4v) is 10.4. The van der Waals surface area contributed by atoms with Crippen molar-refractivity contribution < 1.29 is 0 Å². The van der Waals surface area contributed by atoms with Crippen LogP contribution in [0, 0.1) is 0 Å². The molecule has 0 N–H and O–H groups in total. The van der Waals surface area contributed by atoms with Gasteiger partial charge in [0.25, 0.3) is 0 Å². The van der Waals surface area contributed by atoms with Crippen LogP contribution in [-0.4, -0.2) is 14.5 Å². The third-order valence-corrected chi connectivity index (χ3v) is 12.8. The Hall–Kier alpha value is -6.58. The van der Waals surface area contributed by atoms with Gasteiger partial charge < -0.3 is 0 Å². The molecule has 12 rings (SSSR count). The van der Waals surface area contributed by atoms with E-state index in [1.54, 1.807) is 0 Å². The molecule has 0 atom stereocenters. The van der Waals surface area contributed by atoms with Crippen molar-refractivity contribution in [3.63, 3.8) is 0 Å². The molecule has 10 aromatic rings. The van der Waals surface area contributed by atoms with Gasteiger partial charge in [0.05, 0.1) is 22.2 Å². The maximum Gasteiger partial charge on any atom is 0.235 e. The Morgan fingerprint density at radius 2 is 1.13 bits per heavy atom. The molecule has 0 saturated heterocycles. The molecule has 2 aromatic heterocycles. The van der Waals surface area contributed by atoms with Crippen LogP contribution < -0.4 is 0 Å². The Balaban J connectivity index is 1.25. The lowest BCUT2D eigenvalue weighted by molar-refractivity contribution is 0.354. The highest BCUT2D eigenvalue weighted by Crippen LogP contribution is 2.61. The summed E-state index contributed by atoms with van der Waals surface area (Å²) < 4.78 is 2.46. The Labute approximate surface area is 319 Å². The molecule has 0 bridgehead atoms. The van der Waals surface area contributed by atoms with Crippen molar-refractivity contribution in [2.45, 2.75) is 37.5 Å². The minimum Gasteiger partial charge on any atom is -0.278 e. The molecule has 0 amide bonds. The van der Waals surface area contributed by atoms with Crippen LogP contribution in [0.5, 0.6) is 0 Å². The molecule has 55 heavy (non-hydrogen) atoms. The third kappa shape index (κ3) is 4.32. The zero-order chi connectivity index (χ0) is 36.1. The number of nitrogens with zero attached hydrogens (tertiary/aromatic N) is 3. The molecule has 3 heteroatoms. The number of hydrogen-bond acceptors (Lipinski definition) is 2. The Morgan fingerprint density at radius 1 is 0.473 bits per heavy atom. The van der Waals surface area contributed by atoms with Crippen LogP contribution in [-0.2, 0) is 5.41 Å². The number of hydrogen-bond donors (Lipinski definition) is 0. The maximum absolute atomic E-state index is 5.64. The van der Waals surface area contributed by atoms with Crippen molar-refractivity contribution in [1.82, 2.24) is 14.5 Å². The highest BCUT2D eigenvalue weighted by molar-refractivity contribution is 6.32. The van der Waals surface area contributed by atoms with Gasteiger partial charge in [0.1, 0.15) is 0 Å². The molecule has 0 unspecified atom stereocenters. The van der Waals surface area contributed by atoms with Gasteiger partial charge in [-0.1, -0.05) is 171 Å². The largest absolute Gasteiger partial charge is 0.278 e. The van der Waals surface area contributed by atoms with Crippen LogP contribution >= 0.6 is 0 Å². The van der Waals surface area contributed by atoms with E-state index >= 15 is 0 Å². The number of para-hydroxylation sites is 1. The van der Waals surface area contributed by atoms with E-state index in [1.165, 1.54) is 90.5 Å². The number of fused-ring (bicyclic) bond motifs is 15. The van der Waals surface area contributed by atoms with Crippen LogP contribution in [0.2, 0.25) is 0 Å². The summed E-state index contributed by atoms with van der Waals surface area (Å²) in [4.78, 5) is 11.1. The molecule has 1 spiro atoms. The first-order valence-electron chi connectivity index (χ1n) is 19.7. The van der Waals surface area contributed by atoms with Crippen molar-refractivity contribution >= 4 is 54.3 Å². The van der Waals surface area contributed by atoms with Crippen LogP contribution in [0.25, 0.3) is 93.7 Å². The van der Waals surface area contributed by atoms with Gasteiger partial charge in [0.2, 0.25) is 5.95 Å². The monoisotopic (exact) mass is 703 g/mol. The zero-order valence-electron chi connectivity index (χ0n) is 30.5. The van der Waals surface area contributed by atoms with E-state index in [2.05, 4.69) is 168 Å². The summed E-state index contributed by atoms with van der Waals surface area (Å²) in [5, 5.41) is 8.77. The molecule has 3 nitrogen and oxygen atoms in total. The standard InChI is InChI=1S/C52H37N3/c1-3-15-33(16-4-1)34-25-27-36(28-26-34)49-41-22-10-12-24-43(41)53-51(54-49)55-44-30-29-35-17-5-6-18-37(35)46(44)47-39-20-8-7-19-38(39)45-40-21-9-11-23-42(40)52(48(45)50(47)55)31-13-2-14-32-52/h1,3-12,15-30H,2,13-14,31-32H2. The lowest BCUT2D eigenvalue weighted by Gasteiger charge is -2.36. The van der Waals surface area contributed by atoms with E-state index in [0.29, 0.717) is 0 Å². The predicted octanol–water partition coefficient (Wildman–Crippen LogP) is 13.6. The summed E-state index contributed by atoms with van der Waals surface area (Å²) in [5.41, 5.74) is 13.4. The number of rotatable bonds is 3. The quantitative estimate of drug-likeness (QED) is 0.183. The minimum atomic E-state index is -0.0820. The third-order valence-electron chi connectivity index (χ3n) is 12.8. The SMILES string of the molecule is c1ccc(-c2ccc(-c3nc(-n4c5ccc6ccccc6c5c5c6ccccc6c6c(c54)C4(CCCCC4)c4ccccc4-6)nc4ccccc34)cc2)cc1. The summed E-state index contributed by atoms with van der Waals surface area (Å²) in [6.07, 6.45) is 6.01. The van der Waals surface area contributed by atoms with E-state index in [0.717, 1.165) is 46.5 Å². The molecule has 0 aliphatic heterocycles. The number of aromatic nitrogens is 3. The fraction of sp³-hybridized carbons (Fsp3) is 0.115. The van der Waals surface area contributed by atoms with E-state index in [9.17, 15) is 0 Å². The van der Waals surface area contributed by atoms with Crippen molar-refractivity contribution in [1.29, 1.82) is 0 Å². The van der Waals surface area contributed by atoms with E-state index in [4.69, 9.17) is 9.97 Å². The van der Waals surface area contributed by atoms with Crippen LogP contribution in [0.3, 0.4) is 0 Å². The molecule has 2 heterocycles. The number of benzene rings is 8. The topological polar surface area (TPSA) is 30.7 Å². The first-order chi connectivity index (χ1) is 27.3. The molecule has 2 aliphatic rings. The second-order valence-corrected chi connectivity index (χ2v) is 15.6. The summed E-state index contributed by atoms with van der Waals surface area (Å²) in [6, 6.07) is 59.9. The van der Waals surface area contributed by atoms with Gasteiger partial charge in [-0.05, 0) is 79.9 Å². The average Bonchev–Trinajstić information content (AvgIpc) is 3.75. The van der Waals surface area contributed by atoms with Gasteiger partial charge >= 0.3 is 0 Å². The average molecular weight is 704 g/mol. The van der Waals surface area contributed by atoms with Crippen molar-refractivity contribution in [2.75, 3.05) is 0 Å². The van der Waals surface area contributed by atoms with Crippen LogP contribution in [0.1, 0.15) is 43.2 Å². The van der Waals surface area contributed by atoms with Crippen molar-refractivity contribution in [2.24, 2.45) is 0 Å². The van der Waals surface area contributed by atoms with Crippen molar-refractivity contribution in [3.05, 3.63) is 175 Å². The summed E-state index contributed by atoms with van der Waals surface area (Å²) in [6.45, 7) is 0. The summed E-state index contributed by atoms with van der Waals surface area (Å²) in [5.74, 6) is 0.718. The van der Waals surface area contributed by atoms with E-state index in [1.807, 2.05) is 0 Å². The lowest BCUT2D eigenvalue weighted by atomic mass is 9.67. The lowest BCUT2D eigenvalue weighted by Crippen LogP contribution is -2.28. The first-order valence-corrected chi connectivity index (χ1v) is 19.7. The Morgan fingerprint density at radius 3 is 1.96 bits per heavy atom. The summed E-state index contributed by atoms with van der Waals surface area (Å²) in [7, 11) is 0. The minimum absolute atomic E-state index is 0.0820. The first kappa shape index (κ1) is 30.8. The smallest absolute Gasteiger partial charge is 0.235 e. The maximum atomic E-state index is 5.64. The molecular formula is C52H37N3. The second kappa shape index (κ2) is 11.7. The molecule has 8 aromatic carbocycles. The van der Waals surface area contributed by atoms with E-state index < -0.39 is 0 Å². The summed E-state index contributed by atoms with van der Waals surface area (Å²) >= 11 is 0. The highest BCUT2D eigenvalue weighted by atomic mass is 15.2. The second-order valence-electron chi connectivity index (χ2n) is 15.6. The molecule has 2 aliphatic carbocycles. The van der Waals surface area contributed by atoms with Gasteiger partial charge in [-0.15, -0.1) is 0 Å². The molecule has 1 saturated carbocycles. The molecule has 0 radical (unpaired) electrons. The van der Waals surface area contributed by atoms with Gasteiger partial charge in [0.15, 0.2) is 0 Å². The predicted molar refractivity (Wildman–Crippen MR) is 229 cm³/mol. The normalized spacial score (nSPS) is 14.7. The van der Waals surface area contributed by atoms with Crippen molar-refractivity contribution in [3.8, 4) is 39.5 Å². The molecule has 260 valence electrons. The molecular weight excluding hydrogens is 667 g/mol. The van der Waals surface area contributed by atoms with Crippen LogP contribution in [0.15, 0.2) is 164 Å². The van der Waals surface area contributed by atoms with E-state index in [-0.39, 0.29) is 5.41 Å². The van der Waals surface area contributed by atoms with Gasteiger partial charge in [-0.2, -0.15) is 0 Å². The van der Waals surface area contributed by atoms with Gasteiger partial charge in [0, 0.05) is 27.1 Å². The highest BCUT2D eigenvalue weighted by Gasteiger charge is 2.47. The Bertz CT molecular complexity index is 3170. The molecule has 1 fully saturated rings. The van der Waals surface area contributed by atoms with Gasteiger partial charge in [-0.25, -0.2) is 9.97 Å².